The lowest BCUT2D eigenvalue weighted by atomic mass is 10.00. The van der Waals surface area contributed by atoms with Gasteiger partial charge in [0, 0.05) is 6.04 Å². The molecule has 1 rings (SSSR count). The van der Waals surface area contributed by atoms with Crippen LogP contribution in [0.25, 0.3) is 0 Å². The highest BCUT2D eigenvalue weighted by atomic mass is 16.4. The molecule has 1 saturated heterocycles. The summed E-state index contributed by atoms with van der Waals surface area (Å²) in [6, 6.07) is -0.968. The van der Waals surface area contributed by atoms with Gasteiger partial charge in [-0.3, -0.25) is 9.59 Å². The van der Waals surface area contributed by atoms with Crippen LogP contribution in [0, 0.1) is 5.92 Å². The molecule has 0 unspecified atom stereocenters. The molecule has 12 heavy (non-hydrogen) atoms. The average molecular weight is 173 g/mol. The molecule has 5 nitrogen and oxygen atoms in total. The van der Waals surface area contributed by atoms with Gasteiger partial charge in [0.1, 0.15) is 6.04 Å². The Kier molecular flexibility index (Phi) is 2.32. The molecule has 0 aromatic carbocycles. The third-order valence-electron chi connectivity index (χ3n) is 2.06. The van der Waals surface area contributed by atoms with Gasteiger partial charge in [0.2, 0.25) is 0 Å². The van der Waals surface area contributed by atoms with Gasteiger partial charge < -0.3 is 15.5 Å². The van der Waals surface area contributed by atoms with Crippen molar-refractivity contribution in [2.24, 2.45) is 5.92 Å². The minimum Gasteiger partial charge on any atom is -0.481 e. The van der Waals surface area contributed by atoms with E-state index in [1.54, 1.807) is 6.92 Å². The molecule has 3 N–H and O–H groups in total. The highest BCUT2D eigenvalue weighted by Gasteiger charge is 2.40. The van der Waals surface area contributed by atoms with Crippen LogP contribution in [0.3, 0.4) is 0 Å². The molecular weight excluding hydrogens is 162 g/mol. The number of hydrogen-bond donors (Lipinski definition) is 3. The second-order valence-electron chi connectivity index (χ2n) is 3.06. The topological polar surface area (TPSA) is 86.6 Å². The standard InChI is InChI=1S/C7H11NO4/c1-3-2-4(6(9)10)5(8-3)7(11)12/h3-5,8H,2H2,1H3,(H,9,10)(H,11,12)/t3-,4+,5+/m1/s1. The number of carbonyl (C=O) groups is 2. The van der Waals surface area contributed by atoms with E-state index in [4.69, 9.17) is 10.2 Å². The lowest BCUT2D eigenvalue weighted by Crippen LogP contribution is -2.39. The van der Waals surface area contributed by atoms with Gasteiger partial charge in [-0.15, -0.1) is 0 Å². The van der Waals surface area contributed by atoms with Gasteiger partial charge in [0.25, 0.3) is 0 Å². The maximum absolute atomic E-state index is 10.6. The molecule has 0 bridgehead atoms. The average Bonchev–Trinajstić information content (AvgIpc) is 2.31. The number of aliphatic carboxylic acids is 2. The molecule has 0 amide bonds. The molecule has 0 saturated carbocycles. The summed E-state index contributed by atoms with van der Waals surface area (Å²) in [5.74, 6) is -2.93. The molecule has 68 valence electrons. The molecule has 0 aromatic rings. The smallest absolute Gasteiger partial charge is 0.321 e. The first-order valence-electron chi connectivity index (χ1n) is 3.74. The third-order valence-corrected chi connectivity index (χ3v) is 2.06. The van der Waals surface area contributed by atoms with E-state index >= 15 is 0 Å². The van der Waals surface area contributed by atoms with E-state index in [9.17, 15) is 9.59 Å². The Morgan fingerprint density at radius 2 is 1.92 bits per heavy atom. The van der Waals surface area contributed by atoms with Gasteiger partial charge >= 0.3 is 11.9 Å². The van der Waals surface area contributed by atoms with Crippen molar-refractivity contribution in [1.82, 2.24) is 5.32 Å². The zero-order valence-corrected chi connectivity index (χ0v) is 6.65. The molecule has 1 aliphatic heterocycles. The van der Waals surface area contributed by atoms with Crippen molar-refractivity contribution in [2.75, 3.05) is 0 Å². The number of hydrogen-bond acceptors (Lipinski definition) is 3. The summed E-state index contributed by atoms with van der Waals surface area (Å²) < 4.78 is 0. The van der Waals surface area contributed by atoms with Crippen LogP contribution in [0.15, 0.2) is 0 Å². The number of rotatable bonds is 2. The lowest BCUT2D eigenvalue weighted by molar-refractivity contribution is -0.149. The van der Waals surface area contributed by atoms with Crippen molar-refractivity contribution >= 4 is 11.9 Å². The van der Waals surface area contributed by atoms with E-state index < -0.39 is 23.9 Å². The summed E-state index contributed by atoms with van der Waals surface area (Å²) in [6.45, 7) is 1.78. The Morgan fingerprint density at radius 3 is 2.25 bits per heavy atom. The van der Waals surface area contributed by atoms with Crippen LogP contribution in [0.5, 0.6) is 0 Å². The number of carboxylic acids is 2. The van der Waals surface area contributed by atoms with Gasteiger partial charge in [0.05, 0.1) is 5.92 Å². The predicted octanol–water partition coefficient (Wildman–Crippen LogP) is -0.478. The summed E-state index contributed by atoms with van der Waals surface area (Å²) in [6.07, 6.45) is 0.381. The maximum Gasteiger partial charge on any atom is 0.321 e. The molecule has 0 aliphatic carbocycles. The maximum atomic E-state index is 10.6. The largest absolute Gasteiger partial charge is 0.481 e. The fraction of sp³-hybridized carbons (Fsp3) is 0.714. The third kappa shape index (κ3) is 1.55. The minimum atomic E-state index is -1.09. The van der Waals surface area contributed by atoms with Crippen molar-refractivity contribution < 1.29 is 19.8 Å². The normalized spacial score (nSPS) is 34.9. The second kappa shape index (κ2) is 3.10. The molecule has 0 spiro atoms. The minimum absolute atomic E-state index is 0.0350. The molecule has 3 atom stereocenters. The highest BCUT2D eigenvalue weighted by Crippen LogP contribution is 2.20. The van der Waals surface area contributed by atoms with Crippen LogP contribution >= 0.6 is 0 Å². The zero-order valence-electron chi connectivity index (χ0n) is 6.65. The molecule has 5 heteroatoms. The Hall–Kier alpha value is -1.10. The summed E-state index contributed by atoms with van der Waals surface area (Å²) in [5.41, 5.74) is 0. The van der Waals surface area contributed by atoms with Gasteiger partial charge in [-0.2, -0.15) is 0 Å². The van der Waals surface area contributed by atoms with E-state index in [1.807, 2.05) is 0 Å². The van der Waals surface area contributed by atoms with E-state index in [0.717, 1.165) is 0 Å². The van der Waals surface area contributed by atoms with Gasteiger partial charge in [-0.05, 0) is 13.3 Å². The van der Waals surface area contributed by atoms with Gasteiger partial charge in [0.15, 0.2) is 0 Å². The monoisotopic (exact) mass is 173 g/mol. The van der Waals surface area contributed by atoms with E-state index in [1.165, 1.54) is 0 Å². The van der Waals surface area contributed by atoms with Crippen molar-refractivity contribution in [1.29, 1.82) is 0 Å². The molecule has 1 fully saturated rings. The lowest BCUT2D eigenvalue weighted by Gasteiger charge is -2.09. The Balaban J connectivity index is 2.72. The summed E-state index contributed by atoms with van der Waals surface area (Å²) in [4.78, 5) is 21.1. The van der Waals surface area contributed by atoms with Crippen LogP contribution in [-0.2, 0) is 9.59 Å². The van der Waals surface area contributed by atoms with Crippen LogP contribution < -0.4 is 5.32 Å². The molecule has 0 aromatic heterocycles. The summed E-state index contributed by atoms with van der Waals surface area (Å²) in [7, 11) is 0. The van der Waals surface area contributed by atoms with E-state index in [-0.39, 0.29) is 6.04 Å². The quantitative estimate of drug-likeness (QED) is 0.525. The van der Waals surface area contributed by atoms with E-state index in [0.29, 0.717) is 6.42 Å². The number of nitrogens with one attached hydrogen (secondary N) is 1. The van der Waals surface area contributed by atoms with E-state index in [2.05, 4.69) is 5.32 Å². The SMILES string of the molecule is C[C@@H]1C[C@H](C(=O)O)[C@@H](C(=O)O)N1. The first-order valence-corrected chi connectivity index (χ1v) is 3.74. The molecule has 0 radical (unpaired) electrons. The Morgan fingerprint density at radius 1 is 1.33 bits per heavy atom. The second-order valence-corrected chi connectivity index (χ2v) is 3.06. The first-order chi connectivity index (χ1) is 5.52. The van der Waals surface area contributed by atoms with Crippen LogP contribution in [0.1, 0.15) is 13.3 Å². The highest BCUT2D eigenvalue weighted by molar-refractivity contribution is 5.83. The Bertz CT molecular complexity index is 193. The first kappa shape index (κ1) is 8.99. The fourth-order valence-corrected chi connectivity index (χ4v) is 1.49. The summed E-state index contributed by atoms with van der Waals surface area (Å²) >= 11 is 0. The van der Waals surface area contributed by atoms with Crippen LogP contribution in [-0.4, -0.2) is 34.2 Å². The van der Waals surface area contributed by atoms with Gasteiger partial charge in [-0.1, -0.05) is 0 Å². The van der Waals surface area contributed by atoms with Crippen LogP contribution in [0.4, 0.5) is 0 Å². The number of carboxylic acid groups (broad SMARTS) is 2. The Labute approximate surface area is 69.4 Å². The predicted molar refractivity (Wildman–Crippen MR) is 39.8 cm³/mol. The van der Waals surface area contributed by atoms with Crippen molar-refractivity contribution in [3.05, 3.63) is 0 Å². The molecule has 1 aliphatic rings. The van der Waals surface area contributed by atoms with Crippen molar-refractivity contribution in [2.45, 2.75) is 25.4 Å². The summed E-state index contributed by atoms with van der Waals surface area (Å²) in [5, 5.41) is 20.0. The molecule has 1 heterocycles. The zero-order chi connectivity index (χ0) is 9.30. The fourth-order valence-electron chi connectivity index (χ4n) is 1.49. The van der Waals surface area contributed by atoms with Crippen molar-refractivity contribution in [3.8, 4) is 0 Å². The van der Waals surface area contributed by atoms with Gasteiger partial charge in [-0.25, -0.2) is 0 Å². The van der Waals surface area contributed by atoms with Crippen LogP contribution in [0.2, 0.25) is 0 Å². The van der Waals surface area contributed by atoms with Crippen molar-refractivity contribution in [3.63, 3.8) is 0 Å². The molecular formula is C7H11NO4.